The number of hydrogen-bond acceptors (Lipinski definition) is 3. The molecular formula is C15H19ClN2S. The summed E-state index contributed by atoms with van der Waals surface area (Å²) < 4.78 is 0. The van der Waals surface area contributed by atoms with E-state index in [9.17, 15) is 0 Å². The third-order valence-corrected chi connectivity index (χ3v) is 4.48. The molecule has 2 nitrogen and oxygen atoms in total. The summed E-state index contributed by atoms with van der Waals surface area (Å²) in [6, 6.07) is 5.94. The average molecular weight is 295 g/mol. The molecule has 0 fully saturated rings. The molecule has 0 saturated carbocycles. The molecule has 102 valence electrons. The monoisotopic (exact) mass is 294 g/mol. The number of aromatic nitrogens is 1. The van der Waals surface area contributed by atoms with E-state index in [1.165, 1.54) is 0 Å². The molecule has 1 heterocycles. The van der Waals surface area contributed by atoms with Gasteiger partial charge in [0.15, 0.2) is 0 Å². The lowest BCUT2D eigenvalue weighted by Crippen LogP contribution is -2.13. The smallest absolute Gasteiger partial charge is 0.0947 e. The van der Waals surface area contributed by atoms with E-state index in [2.05, 4.69) is 30.3 Å². The van der Waals surface area contributed by atoms with Crippen LogP contribution in [-0.2, 0) is 6.42 Å². The first-order valence-corrected chi connectivity index (χ1v) is 7.69. The molecule has 1 aromatic heterocycles. The number of thiazole rings is 1. The maximum absolute atomic E-state index is 6.25. The molecule has 1 atom stereocenters. The first-order valence-electron chi connectivity index (χ1n) is 6.43. The van der Waals surface area contributed by atoms with Gasteiger partial charge in [-0.1, -0.05) is 37.6 Å². The van der Waals surface area contributed by atoms with E-state index in [0.717, 1.165) is 33.3 Å². The predicted octanol–water partition coefficient (Wildman–Crippen LogP) is 4.47. The maximum Gasteiger partial charge on any atom is 0.0947 e. The van der Waals surface area contributed by atoms with Gasteiger partial charge in [-0.3, -0.25) is 0 Å². The van der Waals surface area contributed by atoms with Crippen molar-refractivity contribution >= 4 is 22.9 Å². The van der Waals surface area contributed by atoms with Crippen LogP contribution in [0.25, 0.3) is 0 Å². The Bertz CT molecular complexity index is 563. The van der Waals surface area contributed by atoms with Crippen LogP contribution in [0.5, 0.6) is 0 Å². The molecule has 0 amide bonds. The highest BCUT2D eigenvalue weighted by atomic mass is 35.5. The number of hydrogen-bond donors (Lipinski definition) is 1. The van der Waals surface area contributed by atoms with Gasteiger partial charge < -0.3 is 5.73 Å². The van der Waals surface area contributed by atoms with E-state index in [4.69, 9.17) is 17.3 Å². The Morgan fingerprint density at radius 2 is 2.11 bits per heavy atom. The summed E-state index contributed by atoms with van der Waals surface area (Å²) in [5, 5.41) is 4.01. The summed E-state index contributed by atoms with van der Waals surface area (Å²) in [6.07, 6.45) is 0.776. The second-order valence-electron chi connectivity index (χ2n) is 5.14. The quantitative estimate of drug-likeness (QED) is 0.903. The molecule has 0 aliphatic rings. The lowest BCUT2D eigenvalue weighted by molar-refractivity contribution is 0.710. The van der Waals surface area contributed by atoms with Gasteiger partial charge in [-0.2, -0.15) is 0 Å². The van der Waals surface area contributed by atoms with Crippen LogP contribution in [-0.4, -0.2) is 4.98 Å². The highest BCUT2D eigenvalue weighted by Crippen LogP contribution is 2.24. The number of halogens is 1. The minimum atomic E-state index is -0.0258. The molecule has 4 heteroatoms. The summed E-state index contributed by atoms with van der Waals surface area (Å²) >= 11 is 7.72. The van der Waals surface area contributed by atoms with Crippen LogP contribution >= 0.6 is 22.9 Å². The van der Waals surface area contributed by atoms with Crippen LogP contribution in [0.15, 0.2) is 23.6 Å². The zero-order valence-corrected chi connectivity index (χ0v) is 13.1. The zero-order valence-electron chi connectivity index (χ0n) is 11.5. The van der Waals surface area contributed by atoms with Crippen LogP contribution in [0.4, 0.5) is 0 Å². The molecular weight excluding hydrogens is 276 g/mol. The fourth-order valence-electron chi connectivity index (χ4n) is 1.89. The van der Waals surface area contributed by atoms with Crippen LogP contribution in [0.3, 0.4) is 0 Å². The Kier molecular flexibility index (Phi) is 4.61. The molecule has 1 unspecified atom stereocenters. The van der Waals surface area contributed by atoms with E-state index in [1.807, 2.05) is 19.1 Å². The van der Waals surface area contributed by atoms with Crippen LogP contribution in [0, 0.1) is 6.92 Å². The molecule has 0 radical (unpaired) electrons. The first kappa shape index (κ1) is 14.5. The van der Waals surface area contributed by atoms with Crippen molar-refractivity contribution in [2.75, 3.05) is 0 Å². The Balaban J connectivity index is 2.11. The van der Waals surface area contributed by atoms with Crippen molar-refractivity contribution in [1.29, 1.82) is 0 Å². The van der Waals surface area contributed by atoms with Crippen molar-refractivity contribution in [1.82, 2.24) is 4.98 Å². The fraction of sp³-hybridized carbons (Fsp3) is 0.400. The molecule has 19 heavy (non-hydrogen) atoms. The third-order valence-electron chi connectivity index (χ3n) is 3.17. The van der Waals surface area contributed by atoms with Gasteiger partial charge in [0.25, 0.3) is 0 Å². The average Bonchev–Trinajstić information content (AvgIpc) is 2.81. The molecule has 1 aromatic carbocycles. The summed E-state index contributed by atoms with van der Waals surface area (Å²) in [6.45, 7) is 6.31. The van der Waals surface area contributed by atoms with E-state index in [0.29, 0.717) is 5.92 Å². The number of aryl methyl sites for hydroxylation is 1. The van der Waals surface area contributed by atoms with E-state index < -0.39 is 0 Å². The summed E-state index contributed by atoms with van der Waals surface area (Å²) in [5.74, 6) is 0.471. The Hall–Kier alpha value is -0.900. The van der Waals surface area contributed by atoms with E-state index in [-0.39, 0.29) is 6.04 Å². The normalized spacial score (nSPS) is 12.9. The lowest BCUT2D eigenvalue weighted by Gasteiger charge is -2.11. The topological polar surface area (TPSA) is 38.9 Å². The molecule has 2 aromatic rings. The van der Waals surface area contributed by atoms with Crippen molar-refractivity contribution in [2.24, 2.45) is 5.73 Å². The number of nitrogens with zero attached hydrogens (tertiary/aromatic N) is 1. The van der Waals surface area contributed by atoms with Gasteiger partial charge in [0.2, 0.25) is 0 Å². The highest BCUT2D eigenvalue weighted by molar-refractivity contribution is 7.09. The Labute approximate surface area is 123 Å². The third kappa shape index (κ3) is 3.56. The predicted molar refractivity (Wildman–Crippen MR) is 83.0 cm³/mol. The van der Waals surface area contributed by atoms with Gasteiger partial charge >= 0.3 is 0 Å². The molecule has 0 aliphatic carbocycles. The first-order chi connectivity index (χ1) is 8.97. The minimum absolute atomic E-state index is 0.0258. The minimum Gasteiger partial charge on any atom is -0.324 e. The summed E-state index contributed by atoms with van der Waals surface area (Å²) in [4.78, 5) is 4.63. The van der Waals surface area contributed by atoms with Crippen LogP contribution in [0.1, 0.15) is 47.6 Å². The van der Waals surface area contributed by atoms with E-state index in [1.54, 1.807) is 11.3 Å². The number of benzene rings is 1. The number of rotatable bonds is 4. The maximum atomic E-state index is 6.25. The Morgan fingerprint density at radius 3 is 2.68 bits per heavy atom. The molecule has 0 spiro atoms. The van der Waals surface area contributed by atoms with E-state index >= 15 is 0 Å². The molecule has 0 aliphatic heterocycles. The second kappa shape index (κ2) is 6.04. The number of nitrogens with two attached hydrogens (primary N) is 1. The van der Waals surface area contributed by atoms with Gasteiger partial charge in [-0.25, -0.2) is 4.98 Å². The molecule has 0 saturated heterocycles. The molecule has 2 N–H and O–H groups in total. The van der Waals surface area contributed by atoms with Gasteiger partial charge in [-0.15, -0.1) is 11.3 Å². The van der Waals surface area contributed by atoms with Crippen molar-refractivity contribution in [3.63, 3.8) is 0 Å². The van der Waals surface area contributed by atoms with Crippen molar-refractivity contribution < 1.29 is 0 Å². The van der Waals surface area contributed by atoms with Gasteiger partial charge in [0, 0.05) is 22.9 Å². The van der Waals surface area contributed by atoms with Gasteiger partial charge in [0.1, 0.15) is 0 Å². The zero-order chi connectivity index (χ0) is 14.0. The lowest BCUT2D eigenvalue weighted by atomic mass is 10.0. The van der Waals surface area contributed by atoms with Crippen LogP contribution in [0.2, 0.25) is 5.02 Å². The molecule has 0 bridgehead atoms. The highest BCUT2D eigenvalue weighted by Gasteiger charge is 2.12. The summed E-state index contributed by atoms with van der Waals surface area (Å²) in [5.41, 5.74) is 9.59. The van der Waals surface area contributed by atoms with Gasteiger partial charge in [-0.05, 0) is 30.0 Å². The van der Waals surface area contributed by atoms with Crippen molar-refractivity contribution in [3.05, 3.63) is 50.4 Å². The molecule has 2 rings (SSSR count). The summed E-state index contributed by atoms with van der Waals surface area (Å²) in [7, 11) is 0. The standard InChI is InChI=1S/C15H19ClN2S/c1-9(2)14-8-19-15(18-14)7-13(17)11-4-5-12(16)10(3)6-11/h4-6,8-9,13H,7,17H2,1-3H3. The van der Waals surface area contributed by atoms with Crippen molar-refractivity contribution in [2.45, 2.75) is 39.2 Å². The van der Waals surface area contributed by atoms with Gasteiger partial charge in [0.05, 0.1) is 10.7 Å². The Morgan fingerprint density at radius 1 is 1.37 bits per heavy atom. The SMILES string of the molecule is Cc1cc(C(N)Cc2nc(C(C)C)cs2)ccc1Cl. The fourth-order valence-corrected chi connectivity index (χ4v) is 3.02. The second-order valence-corrected chi connectivity index (χ2v) is 6.49. The largest absolute Gasteiger partial charge is 0.324 e. The van der Waals surface area contributed by atoms with Crippen molar-refractivity contribution in [3.8, 4) is 0 Å². The van der Waals surface area contributed by atoms with Crippen LogP contribution < -0.4 is 5.73 Å².